The third kappa shape index (κ3) is 2.21. The lowest BCUT2D eigenvalue weighted by molar-refractivity contribution is -0.149. The molecular formula is C8H12N2O4. The average Bonchev–Trinajstić information content (AvgIpc) is 2.11. The molecule has 1 aliphatic heterocycles. The molecule has 6 heteroatoms. The fraction of sp³-hybridized carbons (Fsp3) is 0.625. The SMILES string of the molecule is CCC1=NN(CC(=O)O)C(=O)C(C)O1. The maximum absolute atomic E-state index is 11.4. The second-order valence-corrected chi connectivity index (χ2v) is 2.90. The summed E-state index contributed by atoms with van der Waals surface area (Å²) in [7, 11) is 0. The van der Waals surface area contributed by atoms with Gasteiger partial charge in [0.15, 0.2) is 6.10 Å². The van der Waals surface area contributed by atoms with Crippen LogP contribution in [0.5, 0.6) is 0 Å². The van der Waals surface area contributed by atoms with Crippen LogP contribution in [0.1, 0.15) is 20.3 Å². The van der Waals surface area contributed by atoms with Crippen LogP contribution in [0, 0.1) is 0 Å². The molecule has 1 unspecified atom stereocenters. The molecule has 1 heterocycles. The Bertz CT molecular complexity index is 287. The summed E-state index contributed by atoms with van der Waals surface area (Å²) < 4.78 is 5.13. The van der Waals surface area contributed by atoms with Crippen molar-refractivity contribution in [3.05, 3.63) is 0 Å². The highest BCUT2D eigenvalue weighted by atomic mass is 16.5. The molecule has 1 aliphatic rings. The molecule has 1 rings (SSSR count). The van der Waals surface area contributed by atoms with Crippen molar-refractivity contribution in [3.8, 4) is 0 Å². The van der Waals surface area contributed by atoms with Gasteiger partial charge >= 0.3 is 5.97 Å². The molecule has 0 saturated carbocycles. The molecule has 0 aromatic carbocycles. The number of amides is 1. The van der Waals surface area contributed by atoms with Crippen molar-refractivity contribution < 1.29 is 19.4 Å². The van der Waals surface area contributed by atoms with Crippen molar-refractivity contribution in [3.63, 3.8) is 0 Å². The molecule has 0 fully saturated rings. The van der Waals surface area contributed by atoms with Gasteiger partial charge in [0.1, 0.15) is 6.54 Å². The fourth-order valence-corrected chi connectivity index (χ4v) is 1.07. The standard InChI is InChI=1S/C8H12N2O4/c1-3-6-9-10(4-7(11)12)8(13)5(2)14-6/h5H,3-4H2,1-2H3,(H,11,12). The van der Waals surface area contributed by atoms with Gasteiger partial charge in [0, 0.05) is 6.42 Å². The lowest BCUT2D eigenvalue weighted by Crippen LogP contribution is -2.44. The number of carboxylic acids is 1. The zero-order valence-electron chi connectivity index (χ0n) is 8.06. The summed E-state index contributed by atoms with van der Waals surface area (Å²) in [6, 6.07) is 0. The number of hydrogen-bond donors (Lipinski definition) is 1. The van der Waals surface area contributed by atoms with E-state index in [0.29, 0.717) is 12.3 Å². The summed E-state index contributed by atoms with van der Waals surface area (Å²) in [6.07, 6.45) is -0.116. The summed E-state index contributed by atoms with van der Waals surface area (Å²) in [5.41, 5.74) is 0. The Hall–Kier alpha value is -1.59. The molecule has 78 valence electrons. The topological polar surface area (TPSA) is 79.2 Å². The summed E-state index contributed by atoms with van der Waals surface area (Å²) in [5, 5.41) is 13.2. The number of carboxylic acid groups (broad SMARTS) is 1. The first-order valence-corrected chi connectivity index (χ1v) is 4.32. The molecule has 0 radical (unpaired) electrons. The van der Waals surface area contributed by atoms with Gasteiger partial charge in [-0.25, -0.2) is 5.01 Å². The molecule has 1 amide bonds. The van der Waals surface area contributed by atoms with Gasteiger partial charge in [-0.3, -0.25) is 9.59 Å². The van der Waals surface area contributed by atoms with E-state index in [-0.39, 0.29) is 0 Å². The summed E-state index contributed by atoms with van der Waals surface area (Å²) in [6.45, 7) is 2.97. The number of ether oxygens (including phenoxy) is 1. The zero-order valence-corrected chi connectivity index (χ0v) is 8.06. The Morgan fingerprint density at radius 1 is 1.71 bits per heavy atom. The Morgan fingerprint density at radius 3 is 2.86 bits per heavy atom. The van der Waals surface area contributed by atoms with Gasteiger partial charge in [0.05, 0.1) is 0 Å². The van der Waals surface area contributed by atoms with E-state index in [9.17, 15) is 9.59 Å². The van der Waals surface area contributed by atoms with Crippen LogP contribution < -0.4 is 0 Å². The largest absolute Gasteiger partial charge is 0.480 e. The molecule has 0 saturated heterocycles. The highest BCUT2D eigenvalue weighted by Gasteiger charge is 2.29. The second kappa shape index (κ2) is 4.08. The smallest absolute Gasteiger partial charge is 0.325 e. The van der Waals surface area contributed by atoms with Crippen molar-refractivity contribution in [2.45, 2.75) is 26.4 Å². The molecular weight excluding hydrogens is 188 g/mol. The predicted molar refractivity (Wildman–Crippen MR) is 47.6 cm³/mol. The molecule has 0 bridgehead atoms. The van der Waals surface area contributed by atoms with Crippen LogP contribution >= 0.6 is 0 Å². The third-order valence-corrected chi connectivity index (χ3v) is 1.73. The number of hydrazone groups is 1. The summed E-state index contributed by atoms with van der Waals surface area (Å²) >= 11 is 0. The van der Waals surface area contributed by atoms with E-state index in [0.717, 1.165) is 5.01 Å². The van der Waals surface area contributed by atoms with Gasteiger partial charge in [-0.1, -0.05) is 6.92 Å². The molecule has 1 N–H and O–H groups in total. The van der Waals surface area contributed by atoms with Crippen LogP contribution in [0.25, 0.3) is 0 Å². The van der Waals surface area contributed by atoms with Crippen LogP contribution in [0.15, 0.2) is 5.10 Å². The van der Waals surface area contributed by atoms with E-state index in [1.54, 1.807) is 6.92 Å². The van der Waals surface area contributed by atoms with E-state index >= 15 is 0 Å². The van der Waals surface area contributed by atoms with Gasteiger partial charge in [0.2, 0.25) is 5.90 Å². The summed E-state index contributed by atoms with van der Waals surface area (Å²) in [5.74, 6) is -1.13. The second-order valence-electron chi connectivity index (χ2n) is 2.90. The minimum atomic E-state index is -1.09. The zero-order chi connectivity index (χ0) is 10.7. The van der Waals surface area contributed by atoms with Crippen LogP contribution in [0.2, 0.25) is 0 Å². The Kier molecular flexibility index (Phi) is 3.06. The van der Waals surface area contributed by atoms with E-state index in [1.807, 2.05) is 6.92 Å². The first-order chi connectivity index (χ1) is 6.54. The van der Waals surface area contributed by atoms with E-state index in [1.165, 1.54) is 0 Å². The molecule has 6 nitrogen and oxygen atoms in total. The Labute approximate surface area is 81.1 Å². The van der Waals surface area contributed by atoms with Gasteiger partial charge in [-0.2, -0.15) is 0 Å². The summed E-state index contributed by atoms with van der Waals surface area (Å²) in [4.78, 5) is 21.8. The van der Waals surface area contributed by atoms with Gasteiger partial charge in [-0.15, -0.1) is 5.10 Å². The van der Waals surface area contributed by atoms with E-state index < -0.39 is 24.5 Å². The van der Waals surface area contributed by atoms with Crippen LogP contribution in [-0.4, -0.2) is 40.5 Å². The van der Waals surface area contributed by atoms with Crippen molar-refractivity contribution in [2.75, 3.05) is 6.54 Å². The number of nitrogens with zero attached hydrogens (tertiary/aromatic N) is 2. The highest BCUT2D eigenvalue weighted by molar-refractivity contribution is 5.90. The fourth-order valence-electron chi connectivity index (χ4n) is 1.07. The molecule has 0 aromatic heterocycles. The minimum absolute atomic E-state index is 0.387. The maximum Gasteiger partial charge on any atom is 0.325 e. The molecule has 0 spiro atoms. The maximum atomic E-state index is 11.4. The number of rotatable bonds is 3. The van der Waals surface area contributed by atoms with Crippen LogP contribution in [0.4, 0.5) is 0 Å². The van der Waals surface area contributed by atoms with Crippen molar-refractivity contribution in [1.82, 2.24) is 5.01 Å². The number of hydrogen-bond acceptors (Lipinski definition) is 4. The minimum Gasteiger partial charge on any atom is -0.480 e. The average molecular weight is 200 g/mol. The Balaban J connectivity index is 2.80. The molecule has 1 atom stereocenters. The van der Waals surface area contributed by atoms with E-state index in [4.69, 9.17) is 9.84 Å². The third-order valence-electron chi connectivity index (χ3n) is 1.73. The lowest BCUT2D eigenvalue weighted by atomic mass is 10.3. The first kappa shape index (κ1) is 10.5. The van der Waals surface area contributed by atoms with Crippen molar-refractivity contribution in [1.29, 1.82) is 0 Å². The van der Waals surface area contributed by atoms with Gasteiger partial charge < -0.3 is 9.84 Å². The van der Waals surface area contributed by atoms with Crippen molar-refractivity contribution >= 4 is 17.8 Å². The molecule has 0 aliphatic carbocycles. The van der Waals surface area contributed by atoms with Crippen LogP contribution in [0.3, 0.4) is 0 Å². The monoisotopic (exact) mass is 200 g/mol. The lowest BCUT2D eigenvalue weighted by Gasteiger charge is -2.26. The number of carbonyl (C=O) groups excluding carboxylic acids is 1. The van der Waals surface area contributed by atoms with Gasteiger partial charge in [0.25, 0.3) is 5.91 Å². The highest BCUT2D eigenvalue weighted by Crippen LogP contribution is 2.10. The normalized spacial score (nSPS) is 21.6. The Morgan fingerprint density at radius 2 is 2.36 bits per heavy atom. The predicted octanol–water partition coefficient (Wildman–Crippen LogP) is 0.0418. The quantitative estimate of drug-likeness (QED) is 0.697. The van der Waals surface area contributed by atoms with Gasteiger partial charge in [-0.05, 0) is 6.92 Å². The van der Waals surface area contributed by atoms with Crippen molar-refractivity contribution in [2.24, 2.45) is 5.10 Å². The van der Waals surface area contributed by atoms with E-state index in [2.05, 4.69) is 5.10 Å². The number of carbonyl (C=O) groups is 2. The van der Waals surface area contributed by atoms with Crippen LogP contribution in [-0.2, 0) is 14.3 Å². The molecule has 0 aromatic rings. The number of aliphatic carboxylic acids is 1. The first-order valence-electron chi connectivity index (χ1n) is 4.32. The molecule has 14 heavy (non-hydrogen) atoms.